The second kappa shape index (κ2) is 4.44. The zero-order valence-electron chi connectivity index (χ0n) is 11.2. The highest BCUT2D eigenvalue weighted by Crippen LogP contribution is 2.51. The van der Waals surface area contributed by atoms with Crippen LogP contribution in [0.1, 0.15) is 27.2 Å². The molecule has 0 radical (unpaired) electrons. The number of carbonyl (C=O) groups is 2. The van der Waals surface area contributed by atoms with Crippen molar-refractivity contribution in [3.05, 3.63) is 0 Å². The highest BCUT2D eigenvalue weighted by atomic mass is 16.6. The van der Waals surface area contributed by atoms with Gasteiger partial charge in [0, 0.05) is 13.1 Å². The molecule has 0 bridgehead atoms. The number of aliphatic carboxylic acids is 1. The number of rotatable bonds is 3. The van der Waals surface area contributed by atoms with Crippen LogP contribution in [0.5, 0.6) is 0 Å². The first-order chi connectivity index (χ1) is 8.29. The highest BCUT2D eigenvalue weighted by Gasteiger charge is 2.60. The Balaban J connectivity index is 1.69. The summed E-state index contributed by atoms with van der Waals surface area (Å²) in [4.78, 5) is 24.2. The monoisotopic (exact) mass is 255 g/mol. The Morgan fingerprint density at radius 1 is 1.28 bits per heavy atom. The topological polar surface area (TPSA) is 66.8 Å². The Morgan fingerprint density at radius 3 is 2.28 bits per heavy atom. The third-order valence-electron chi connectivity index (χ3n) is 3.81. The van der Waals surface area contributed by atoms with Crippen LogP contribution in [0.2, 0.25) is 0 Å². The fraction of sp³-hybridized carbons (Fsp3) is 0.846. The van der Waals surface area contributed by atoms with Crippen LogP contribution in [0.15, 0.2) is 0 Å². The zero-order chi connectivity index (χ0) is 13.5. The van der Waals surface area contributed by atoms with E-state index in [4.69, 9.17) is 9.84 Å². The lowest BCUT2D eigenvalue weighted by atomic mass is 9.93. The van der Waals surface area contributed by atoms with Crippen LogP contribution >= 0.6 is 0 Å². The predicted molar refractivity (Wildman–Crippen MR) is 65.1 cm³/mol. The zero-order valence-corrected chi connectivity index (χ0v) is 11.2. The van der Waals surface area contributed by atoms with Crippen molar-refractivity contribution in [2.75, 3.05) is 19.7 Å². The van der Waals surface area contributed by atoms with Gasteiger partial charge in [0.25, 0.3) is 0 Å². The molecule has 1 saturated heterocycles. The summed E-state index contributed by atoms with van der Waals surface area (Å²) in [6.07, 6.45) is 0.535. The summed E-state index contributed by atoms with van der Waals surface area (Å²) in [5, 5.41) is 8.88. The van der Waals surface area contributed by atoms with Gasteiger partial charge in [-0.05, 0) is 23.7 Å². The average Bonchev–Trinajstić information content (AvgIpc) is 2.73. The van der Waals surface area contributed by atoms with Crippen LogP contribution in [0.3, 0.4) is 0 Å². The minimum Gasteiger partial charge on any atom is -0.481 e. The van der Waals surface area contributed by atoms with Gasteiger partial charge in [-0.3, -0.25) is 4.79 Å². The van der Waals surface area contributed by atoms with E-state index >= 15 is 0 Å². The van der Waals surface area contributed by atoms with Gasteiger partial charge < -0.3 is 14.7 Å². The fourth-order valence-corrected chi connectivity index (χ4v) is 2.58. The lowest BCUT2D eigenvalue weighted by Crippen LogP contribution is -2.33. The van der Waals surface area contributed by atoms with E-state index in [1.165, 1.54) is 0 Å². The number of nitrogens with zero attached hydrogens (tertiary/aromatic N) is 1. The molecule has 0 aromatic rings. The minimum absolute atomic E-state index is 0.151. The minimum atomic E-state index is -0.731. The fourth-order valence-electron chi connectivity index (χ4n) is 2.58. The van der Waals surface area contributed by atoms with E-state index in [1.54, 1.807) is 4.90 Å². The van der Waals surface area contributed by atoms with Crippen molar-refractivity contribution in [2.24, 2.45) is 23.2 Å². The lowest BCUT2D eigenvalue weighted by Gasteiger charge is -2.21. The van der Waals surface area contributed by atoms with Gasteiger partial charge in [-0.25, -0.2) is 4.79 Å². The van der Waals surface area contributed by atoms with Gasteiger partial charge in [0.1, 0.15) is 0 Å². The summed E-state index contributed by atoms with van der Waals surface area (Å²) in [5.74, 6) is -0.662. The first-order valence-corrected chi connectivity index (χ1v) is 6.44. The summed E-state index contributed by atoms with van der Waals surface area (Å²) < 4.78 is 5.21. The largest absolute Gasteiger partial charge is 0.481 e. The number of amides is 1. The Kier molecular flexibility index (Phi) is 3.25. The molecule has 5 nitrogen and oxygen atoms in total. The lowest BCUT2D eigenvalue weighted by molar-refractivity contribution is -0.139. The predicted octanol–water partition coefficient (Wildman–Crippen LogP) is 1.82. The number of fused-ring (bicyclic) bond motifs is 1. The van der Waals surface area contributed by atoms with Crippen LogP contribution in [-0.4, -0.2) is 41.8 Å². The molecule has 0 aromatic carbocycles. The summed E-state index contributed by atoms with van der Waals surface area (Å²) in [5.41, 5.74) is 0.155. The van der Waals surface area contributed by atoms with Gasteiger partial charge in [-0.2, -0.15) is 0 Å². The summed E-state index contributed by atoms with van der Waals surface area (Å²) in [6, 6.07) is 0. The number of piperidine rings is 1. The molecule has 5 heteroatoms. The molecule has 0 unspecified atom stereocenters. The number of hydrogen-bond acceptors (Lipinski definition) is 3. The summed E-state index contributed by atoms with van der Waals surface area (Å²) in [7, 11) is 0. The molecular formula is C13H21NO4. The number of carboxylic acid groups (broad SMARTS) is 1. The number of carboxylic acids is 1. The number of hydrogen-bond donors (Lipinski definition) is 1. The van der Waals surface area contributed by atoms with Crippen molar-refractivity contribution >= 4 is 12.1 Å². The quantitative estimate of drug-likeness (QED) is 0.835. The van der Waals surface area contributed by atoms with Crippen molar-refractivity contribution < 1.29 is 19.4 Å². The van der Waals surface area contributed by atoms with E-state index in [1.807, 2.05) is 0 Å². The number of likely N-dealkylation sites (tertiary alicyclic amines) is 1. The maximum Gasteiger partial charge on any atom is 0.409 e. The van der Waals surface area contributed by atoms with Gasteiger partial charge >= 0.3 is 12.1 Å². The smallest absolute Gasteiger partial charge is 0.409 e. The maximum absolute atomic E-state index is 11.7. The third kappa shape index (κ3) is 2.76. The average molecular weight is 255 g/mol. The highest BCUT2D eigenvalue weighted by molar-refractivity contribution is 5.76. The summed E-state index contributed by atoms with van der Waals surface area (Å²) in [6.45, 7) is 7.80. The second-order valence-corrected chi connectivity index (χ2v) is 6.52. The molecule has 1 saturated carbocycles. The van der Waals surface area contributed by atoms with Gasteiger partial charge in [0.2, 0.25) is 0 Å². The van der Waals surface area contributed by atoms with Gasteiger partial charge in [-0.1, -0.05) is 20.8 Å². The Morgan fingerprint density at radius 2 is 1.83 bits per heavy atom. The molecule has 0 spiro atoms. The van der Waals surface area contributed by atoms with Gasteiger partial charge in [0.05, 0.1) is 12.5 Å². The van der Waals surface area contributed by atoms with Crippen LogP contribution in [0.25, 0.3) is 0 Å². The molecule has 2 fully saturated rings. The van der Waals surface area contributed by atoms with Crippen molar-refractivity contribution in [1.82, 2.24) is 4.90 Å². The van der Waals surface area contributed by atoms with Crippen molar-refractivity contribution in [1.29, 1.82) is 0 Å². The summed E-state index contributed by atoms with van der Waals surface area (Å²) >= 11 is 0. The third-order valence-corrected chi connectivity index (χ3v) is 3.81. The molecule has 2 rings (SSSR count). The molecule has 3 atom stereocenters. The maximum atomic E-state index is 11.7. The van der Waals surface area contributed by atoms with E-state index in [-0.39, 0.29) is 29.3 Å². The van der Waals surface area contributed by atoms with Crippen LogP contribution in [0, 0.1) is 23.2 Å². The van der Waals surface area contributed by atoms with E-state index in [0.717, 1.165) is 6.42 Å². The molecule has 18 heavy (non-hydrogen) atoms. The van der Waals surface area contributed by atoms with Crippen LogP contribution in [-0.2, 0) is 9.53 Å². The Hall–Kier alpha value is -1.26. The first kappa shape index (κ1) is 13.2. The molecular weight excluding hydrogens is 234 g/mol. The molecule has 1 heterocycles. The second-order valence-electron chi connectivity index (χ2n) is 6.52. The van der Waals surface area contributed by atoms with Gasteiger partial charge in [-0.15, -0.1) is 0 Å². The van der Waals surface area contributed by atoms with E-state index in [0.29, 0.717) is 19.7 Å². The molecule has 102 valence electrons. The molecule has 1 amide bonds. The molecule has 1 aliphatic carbocycles. The normalized spacial score (nSPS) is 29.9. The SMILES string of the molecule is CC(C)(C)CCOC(=O)N1C[C@@H]2[C@H](C1)[C@H]2C(=O)O. The number of ether oxygens (including phenoxy) is 1. The first-order valence-electron chi connectivity index (χ1n) is 6.44. The Labute approximate surface area is 107 Å². The van der Waals surface area contributed by atoms with E-state index in [2.05, 4.69) is 20.8 Å². The molecule has 0 aromatic heterocycles. The van der Waals surface area contributed by atoms with Crippen LogP contribution in [0.4, 0.5) is 4.79 Å². The van der Waals surface area contributed by atoms with Crippen molar-refractivity contribution in [2.45, 2.75) is 27.2 Å². The van der Waals surface area contributed by atoms with Crippen molar-refractivity contribution in [3.63, 3.8) is 0 Å². The molecule has 1 N–H and O–H groups in total. The van der Waals surface area contributed by atoms with E-state index in [9.17, 15) is 9.59 Å². The molecule has 1 aliphatic heterocycles. The van der Waals surface area contributed by atoms with Gasteiger partial charge in [0.15, 0.2) is 0 Å². The van der Waals surface area contributed by atoms with Crippen LogP contribution < -0.4 is 0 Å². The van der Waals surface area contributed by atoms with Crippen molar-refractivity contribution in [3.8, 4) is 0 Å². The van der Waals surface area contributed by atoms with E-state index < -0.39 is 5.97 Å². The number of carbonyl (C=O) groups excluding carboxylic acids is 1. The standard InChI is InChI=1S/C13H21NO4/c1-13(2,3)4-5-18-12(17)14-6-8-9(7-14)10(8)11(15)16/h8-10H,4-7H2,1-3H3,(H,15,16)/t8-,9+,10+. The Bertz CT molecular complexity index is 348. The molecule has 2 aliphatic rings.